The van der Waals surface area contributed by atoms with Gasteiger partial charge in [-0.05, 0) is 30.4 Å². The third-order valence-electron chi connectivity index (χ3n) is 4.10. The summed E-state index contributed by atoms with van der Waals surface area (Å²) in [4.78, 5) is 6.72. The van der Waals surface area contributed by atoms with E-state index in [2.05, 4.69) is 29.1 Å². The van der Waals surface area contributed by atoms with E-state index in [4.69, 9.17) is 9.47 Å². The second kappa shape index (κ2) is 8.09. The van der Waals surface area contributed by atoms with E-state index >= 15 is 0 Å². The van der Waals surface area contributed by atoms with Crippen LogP contribution in [0.5, 0.6) is 11.5 Å². The van der Waals surface area contributed by atoms with Crippen molar-refractivity contribution in [3.05, 3.63) is 24.3 Å². The van der Waals surface area contributed by atoms with Crippen LogP contribution in [0, 0.1) is 5.41 Å². The van der Waals surface area contributed by atoms with Crippen LogP contribution in [0.15, 0.2) is 29.3 Å². The van der Waals surface area contributed by atoms with Crippen LogP contribution in [-0.2, 0) is 0 Å². The van der Waals surface area contributed by atoms with Gasteiger partial charge in [0.2, 0.25) is 0 Å². The summed E-state index contributed by atoms with van der Waals surface area (Å²) in [5, 5.41) is 3.43. The van der Waals surface area contributed by atoms with Crippen LogP contribution in [0.4, 0.5) is 0 Å². The smallest absolute Gasteiger partial charge is 0.193 e. The second-order valence-corrected chi connectivity index (χ2v) is 6.69. The number of hydrogen-bond acceptors (Lipinski definition) is 3. The Bertz CT molecular complexity index is 529. The number of rotatable bonds is 6. The van der Waals surface area contributed by atoms with Gasteiger partial charge in [0.25, 0.3) is 0 Å². The van der Waals surface area contributed by atoms with Gasteiger partial charge in [0.15, 0.2) is 5.96 Å². The molecule has 0 radical (unpaired) electrons. The first kappa shape index (κ1) is 17.4. The van der Waals surface area contributed by atoms with Gasteiger partial charge in [-0.1, -0.05) is 19.9 Å². The topological polar surface area (TPSA) is 46.1 Å². The molecule has 0 spiro atoms. The lowest BCUT2D eigenvalue weighted by Gasteiger charge is -2.23. The standard InChI is InChI=1S/C18H29N3O2/c1-18(2)9-11-21(14-18)17(19-3)20-10-6-12-23-16-8-5-7-15(13-16)22-4/h5,7-8,13H,6,9-12,14H2,1-4H3,(H,19,20). The van der Waals surface area contributed by atoms with E-state index in [1.165, 1.54) is 6.42 Å². The summed E-state index contributed by atoms with van der Waals surface area (Å²) >= 11 is 0. The van der Waals surface area contributed by atoms with Crippen LogP contribution < -0.4 is 14.8 Å². The van der Waals surface area contributed by atoms with Gasteiger partial charge in [-0.2, -0.15) is 0 Å². The Morgan fingerprint density at radius 1 is 1.35 bits per heavy atom. The summed E-state index contributed by atoms with van der Waals surface area (Å²) in [6.07, 6.45) is 2.14. The lowest BCUT2D eigenvalue weighted by molar-refractivity contribution is 0.307. The van der Waals surface area contributed by atoms with E-state index in [1.54, 1.807) is 7.11 Å². The number of benzene rings is 1. The van der Waals surface area contributed by atoms with Crippen LogP contribution in [-0.4, -0.2) is 51.3 Å². The van der Waals surface area contributed by atoms with E-state index in [9.17, 15) is 0 Å². The average molecular weight is 319 g/mol. The Balaban J connectivity index is 1.68. The normalized spacial score (nSPS) is 17.2. The number of nitrogens with one attached hydrogen (secondary N) is 1. The molecule has 1 aliphatic heterocycles. The fourth-order valence-corrected chi connectivity index (χ4v) is 2.78. The van der Waals surface area contributed by atoms with Crippen molar-refractivity contribution in [1.82, 2.24) is 10.2 Å². The largest absolute Gasteiger partial charge is 0.497 e. The quantitative estimate of drug-likeness (QED) is 0.497. The molecule has 1 aliphatic rings. The van der Waals surface area contributed by atoms with Crippen LogP contribution in [0.2, 0.25) is 0 Å². The van der Waals surface area contributed by atoms with Crippen molar-refractivity contribution in [2.24, 2.45) is 10.4 Å². The van der Waals surface area contributed by atoms with E-state index in [-0.39, 0.29) is 0 Å². The summed E-state index contributed by atoms with van der Waals surface area (Å²) in [6.45, 7) is 8.28. The molecule has 1 heterocycles. The summed E-state index contributed by atoms with van der Waals surface area (Å²) in [5.74, 6) is 2.66. The SMILES string of the molecule is CN=C(NCCCOc1cccc(OC)c1)N1CCC(C)(C)C1. The first-order valence-corrected chi connectivity index (χ1v) is 8.26. The zero-order valence-corrected chi connectivity index (χ0v) is 14.8. The molecule has 1 fully saturated rings. The van der Waals surface area contributed by atoms with Gasteiger partial charge < -0.3 is 19.7 Å². The monoisotopic (exact) mass is 319 g/mol. The summed E-state index contributed by atoms with van der Waals surface area (Å²) in [5.41, 5.74) is 0.382. The maximum atomic E-state index is 5.75. The molecule has 0 atom stereocenters. The third-order valence-corrected chi connectivity index (χ3v) is 4.10. The maximum absolute atomic E-state index is 5.75. The molecule has 0 saturated carbocycles. The molecule has 0 unspecified atom stereocenters. The van der Waals surface area contributed by atoms with Gasteiger partial charge in [0, 0.05) is 32.7 Å². The van der Waals surface area contributed by atoms with Crippen molar-refractivity contribution in [3.8, 4) is 11.5 Å². The Morgan fingerprint density at radius 2 is 2.13 bits per heavy atom. The van der Waals surface area contributed by atoms with Crippen molar-refractivity contribution < 1.29 is 9.47 Å². The molecule has 5 nitrogen and oxygen atoms in total. The van der Waals surface area contributed by atoms with Crippen molar-refractivity contribution in [2.45, 2.75) is 26.7 Å². The predicted octanol–water partition coefficient (Wildman–Crippen LogP) is 2.77. The Kier molecular flexibility index (Phi) is 6.13. The number of guanidine groups is 1. The van der Waals surface area contributed by atoms with Crippen LogP contribution in [0.3, 0.4) is 0 Å². The molecule has 0 aromatic heterocycles. The average Bonchev–Trinajstić information content (AvgIpc) is 2.91. The van der Waals surface area contributed by atoms with Gasteiger partial charge in [-0.25, -0.2) is 0 Å². The highest BCUT2D eigenvalue weighted by molar-refractivity contribution is 5.80. The van der Waals surface area contributed by atoms with Gasteiger partial charge >= 0.3 is 0 Å². The lowest BCUT2D eigenvalue weighted by atomic mass is 9.93. The minimum atomic E-state index is 0.382. The summed E-state index contributed by atoms with van der Waals surface area (Å²) in [6, 6.07) is 7.69. The molecule has 128 valence electrons. The van der Waals surface area contributed by atoms with E-state index in [1.807, 2.05) is 31.3 Å². The van der Waals surface area contributed by atoms with Gasteiger partial charge in [-0.15, -0.1) is 0 Å². The zero-order chi connectivity index (χ0) is 16.7. The molecular weight excluding hydrogens is 290 g/mol. The number of methoxy groups -OCH3 is 1. The molecule has 0 amide bonds. The summed E-state index contributed by atoms with van der Waals surface area (Å²) in [7, 11) is 3.51. The van der Waals surface area contributed by atoms with Crippen molar-refractivity contribution in [3.63, 3.8) is 0 Å². The van der Waals surface area contributed by atoms with Crippen molar-refractivity contribution in [2.75, 3.05) is 40.4 Å². The number of ether oxygens (including phenoxy) is 2. The molecule has 0 bridgehead atoms. The Labute approximate surface area is 139 Å². The molecule has 1 N–H and O–H groups in total. The van der Waals surface area contributed by atoms with E-state index in [0.29, 0.717) is 12.0 Å². The van der Waals surface area contributed by atoms with Gasteiger partial charge in [-0.3, -0.25) is 4.99 Å². The molecular formula is C18H29N3O2. The third kappa shape index (κ3) is 5.34. The minimum absolute atomic E-state index is 0.382. The van der Waals surface area contributed by atoms with Crippen LogP contribution in [0.25, 0.3) is 0 Å². The molecule has 2 rings (SSSR count). The van der Waals surface area contributed by atoms with Crippen LogP contribution >= 0.6 is 0 Å². The number of nitrogens with zero attached hydrogens (tertiary/aromatic N) is 2. The van der Waals surface area contributed by atoms with E-state index < -0.39 is 0 Å². The molecule has 1 aromatic rings. The molecule has 5 heteroatoms. The molecule has 1 saturated heterocycles. The predicted molar refractivity (Wildman–Crippen MR) is 94.4 cm³/mol. The number of aliphatic imine (C=N–C) groups is 1. The Hall–Kier alpha value is -1.91. The highest BCUT2D eigenvalue weighted by Crippen LogP contribution is 2.28. The first-order chi connectivity index (χ1) is 11.0. The minimum Gasteiger partial charge on any atom is -0.497 e. The molecule has 23 heavy (non-hydrogen) atoms. The maximum Gasteiger partial charge on any atom is 0.193 e. The van der Waals surface area contributed by atoms with Gasteiger partial charge in [0.05, 0.1) is 13.7 Å². The number of likely N-dealkylation sites (tertiary alicyclic amines) is 1. The Morgan fingerprint density at radius 3 is 2.78 bits per heavy atom. The summed E-state index contributed by atoms with van der Waals surface area (Å²) < 4.78 is 10.9. The number of hydrogen-bond donors (Lipinski definition) is 1. The second-order valence-electron chi connectivity index (χ2n) is 6.69. The van der Waals surface area contributed by atoms with Crippen LogP contribution in [0.1, 0.15) is 26.7 Å². The molecule has 0 aliphatic carbocycles. The van der Waals surface area contributed by atoms with Gasteiger partial charge in [0.1, 0.15) is 11.5 Å². The fraction of sp³-hybridized carbons (Fsp3) is 0.611. The van der Waals surface area contributed by atoms with Crippen molar-refractivity contribution >= 4 is 5.96 Å². The van der Waals surface area contributed by atoms with E-state index in [0.717, 1.165) is 43.5 Å². The first-order valence-electron chi connectivity index (χ1n) is 8.26. The highest BCUT2D eigenvalue weighted by atomic mass is 16.5. The van der Waals surface area contributed by atoms with Crippen molar-refractivity contribution in [1.29, 1.82) is 0 Å². The zero-order valence-electron chi connectivity index (χ0n) is 14.8. The fourth-order valence-electron chi connectivity index (χ4n) is 2.78. The lowest BCUT2D eigenvalue weighted by Crippen LogP contribution is -2.41. The molecule has 1 aromatic carbocycles. The highest BCUT2D eigenvalue weighted by Gasteiger charge is 2.30.